The predicted octanol–water partition coefficient (Wildman–Crippen LogP) is 3.49. The maximum absolute atomic E-state index is 14.9. The molecule has 3 atom stereocenters. The number of aliphatic hydroxyl groups is 1. The van der Waals surface area contributed by atoms with E-state index < -0.39 is 15.8 Å². The predicted molar refractivity (Wildman–Crippen MR) is 121 cm³/mol. The highest BCUT2D eigenvalue weighted by Gasteiger charge is 2.47. The number of pyridine rings is 1. The Morgan fingerprint density at radius 2 is 1.94 bits per heavy atom. The van der Waals surface area contributed by atoms with Gasteiger partial charge in [0, 0.05) is 44.0 Å². The molecule has 1 saturated carbocycles. The highest BCUT2D eigenvalue weighted by Crippen LogP contribution is 2.46. The molecule has 2 fully saturated rings. The second-order valence-electron chi connectivity index (χ2n) is 8.76. The van der Waals surface area contributed by atoms with Gasteiger partial charge in [-0.2, -0.15) is 4.31 Å². The molecule has 1 N–H and O–H groups in total. The zero-order valence-corrected chi connectivity index (χ0v) is 20.2. The zero-order valence-electron chi connectivity index (χ0n) is 17.8. The SMILES string of the molecule is Cc1cc(Br)cc(C)c1CN(C)S(=O)(=O)c1cnc(N2C[C@@H]3C[C@H](CO)[C@@H]3C2)c(F)c1. The molecule has 2 aliphatic rings. The van der Waals surface area contributed by atoms with Crippen LogP contribution in [0.5, 0.6) is 0 Å². The number of anilines is 1. The van der Waals surface area contributed by atoms with E-state index in [0.717, 1.165) is 33.7 Å². The van der Waals surface area contributed by atoms with Gasteiger partial charge in [-0.25, -0.2) is 17.8 Å². The second-order valence-corrected chi connectivity index (χ2v) is 11.7. The van der Waals surface area contributed by atoms with Crippen LogP contribution in [0.2, 0.25) is 0 Å². The Hall–Kier alpha value is -1.55. The fraction of sp³-hybridized carbons (Fsp3) is 0.500. The van der Waals surface area contributed by atoms with Crippen LogP contribution < -0.4 is 4.90 Å². The Labute approximate surface area is 191 Å². The number of sulfonamides is 1. The minimum atomic E-state index is -3.90. The fourth-order valence-electron chi connectivity index (χ4n) is 4.90. The van der Waals surface area contributed by atoms with Crippen molar-refractivity contribution in [1.29, 1.82) is 0 Å². The number of rotatable bonds is 6. The summed E-state index contributed by atoms with van der Waals surface area (Å²) in [7, 11) is -2.40. The topological polar surface area (TPSA) is 73.7 Å². The maximum Gasteiger partial charge on any atom is 0.244 e. The van der Waals surface area contributed by atoms with Gasteiger partial charge >= 0.3 is 0 Å². The summed E-state index contributed by atoms with van der Waals surface area (Å²) >= 11 is 3.45. The average molecular weight is 512 g/mol. The van der Waals surface area contributed by atoms with Crippen LogP contribution in [0.1, 0.15) is 23.1 Å². The first-order valence-corrected chi connectivity index (χ1v) is 12.6. The quantitative estimate of drug-likeness (QED) is 0.642. The molecule has 2 heterocycles. The van der Waals surface area contributed by atoms with Crippen molar-refractivity contribution in [2.45, 2.75) is 31.7 Å². The van der Waals surface area contributed by atoms with Crippen molar-refractivity contribution in [2.24, 2.45) is 17.8 Å². The Morgan fingerprint density at radius 3 is 2.55 bits per heavy atom. The number of nitrogens with zero attached hydrogens (tertiary/aromatic N) is 3. The van der Waals surface area contributed by atoms with Gasteiger partial charge in [-0.15, -0.1) is 0 Å². The summed E-state index contributed by atoms with van der Waals surface area (Å²) in [5.41, 5.74) is 2.89. The van der Waals surface area contributed by atoms with Gasteiger partial charge in [0.25, 0.3) is 0 Å². The van der Waals surface area contributed by atoms with Crippen molar-refractivity contribution < 1.29 is 17.9 Å². The minimum absolute atomic E-state index is 0.154. The largest absolute Gasteiger partial charge is 0.396 e. The first-order chi connectivity index (χ1) is 14.6. The molecule has 168 valence electrons. The number of hydrogen-bond donors (Lipinski definition) is 1. The molecule has 2 aromatic rings. The second kappa shape index (κ2) is 8.42. The number of hydrogen-bond acceptors (Lipinski definition) is 5. The van der Waals surface area contributed by atoms with Crippen molar-refractivity contribution in [1.82, 2.24) is 9.29 Å². The monoisotopic (exact) mass is 511 g/mol. The molecule has 0 bridgehead atoms. The molecule has 6 nitrogen and oxygen atoms in total. The first-order valence-electron chi connectivity index (χ1n) is 10.3. The van der Waals surface area contributed by atoms with Crippen molar-refractivity contribution in [3.05, 3.63) is 51.4 Å². The Morgan fingerprint density at radius 1 is 1.26 bits per heavy atom. The van der Waals surface area contributed by atoms with Gasteiger partial charge in [-0.3, -0.25) is 0 Å². The van der Waals surface area contributed by atoms with E-state index in [2.05, 4.69) is 20.9 Å². The number of aliphatic hydroxyl groups excluding tert-OH is 1. The van der Waals surface area contributed by atoms with Gasteiger partial charge in [-0.05, 0) is 72.9 Å². The summed E-state index contributed by atoms with van der Waals surface area (Å²) in [6.45, 7) is 5.57. The van der Waals surface area contributed by atoms with E-state index in [1.54, 1.807) is 0 Å². The normalized spacial score (nSPS) is 23.2. The van der Waals surface area contributed by atoms with E-state index >= 15 is 0 Å². The molecule has 31 heavy (non-hydrogen) atoms. The standard InChI is InChI=1S/C22H27BrFN3O3S/c1-13-4-17(23)5-14(2)19(13)10-26(3)31(29,30)18-7-21(24)22(25-8-18)27-9-15-6-16(12-28)20(15)11-27/h4-5,7-8,15-16,20,28H,6,9-12H2,1-3H3/t15-,16+,20+/m0/s1. The molecule has 0 unspecified atom stereocenters. The van der Waals surface area contributed by atoms with Crippen LogP contribution in [0.3, 0.4) is 0 Å². The van der Waals surface area contributed by atoms with Gasteiger partial charge in [0.2, 0.25) is 10.0 Å². The Bertz CT molecular complexity index is 1090. The summed E-state index contributed by atoms with van der Waals surface area (Å²) < 4.78 is 43.2. The van der Waals surface area contributed by atoms with Crippen LogP contribution in [0, 0.1) is 37.4 Å². The molecule has 0 amide bonds. The molecule has 1 aliphatic carbocycles. The molecule has 1 aromatic carbocycles. The molecule has 1 aromatic heterocycles. The van der Waals surface area contributed by atoms with Gasteiger partial charge in [0.05, 0.1) is 0 Å². The third-order valence-corrected chi connectivity index (χ3v) is 9.01. The number of fused-ring (bicyclic) bond motifs is 1. The van der Waals surface area contributed by atoms with E-state index in [9.17, 15) is 17.9 Å². The molecule has 1 saturated heterocycles. The van der Waals surface area contributed by atoms with Crippen LogP contribution in [0.4, 0.5) is 10.2 Å². The van der Waals surface area contributed by atoms with Gasteiger partial charge < -0.3 is 10.0 Å². The number of halogens is 2. The summed E-state index contributed by atoms with van der Waals surface area (Å²) in [5, 5.41) is 9.39. The van der Waals surface area contributed by atoms with E-state index in [0.29, 0.717) is 24.9 Å². The Balaban J connectivity index is 1.53. The summed E-state index contributed by atoms with van der Waals surface area (Å²) in [4.78, 5) is 5.90. The highest BCUT2D eigenvalue weighted by atomic mass is 79.9. The van der Waals surface area contributed by atoms with Crippen LogP contribution in [0.25, 0.3) is 0 Å². The van der Waals surface area contributed by atoms with E-state index in [1.165, 1.54) is 17.5 Å². The summed E-state index contributed by atoms with van der Waals surface area (Å²) in [6.07, 6.45) is 2.20. The Kier molecular flexibility index (Phi) is 6.15. The molecule has 9 heteroatoms. The van der Waals surface area contributed by atoms with Crippen molar-refractivity contribution in [3.8, 4) is 0 Å². The van der Waals surface area contributed by atoms with Crippen LogP contribution in [-0.2, 0) is 16.6 Å². The molecule has 0 spiro atoms. The smallest absolute Gasteiger partial charge is 0.244 e. The summed E-state index contributed by atoms with van der Waals surface area (Å²) in [6, 6.07) is 4.96. The van der Waals surface area contributed by atoms with E-state index in [4.69, 9.17) is 0 Å². The number of benzene rings is 1. The van der Waals surface area contributed by atoms with E-state index in [-0.39, 0.29) is 29.8 Å². The molecular formula is C22H27BrFN3O3S. The van der Waals surface area contributed by atoms with Crippen molar-refractivity contribution >= 4 is 31.8 Å². The third kappa shape index (κ3) is 4.13. The van der Waals surface area contributed by atoms with Crippen LogP contribution in [0.15, 0.2) is 33.8 Å². The van der Waals surface area contributed by atoms with Crippen molar-refractivity contribution in [2.75, 3.05) is 31.6 Å². The molecule has 0 radical (unpaired) electrons. The number of aryl methyl sites for hydroxylation is 2. The third-order valence-electron chi connectivity index (χ3n) is 6.78. The summed E-state index contributed by atoms with van der Waals surface area (Å²) in [5.74, 6) is 0.639. The van der Waals surface area contributed by atoms with Gasteiger partial charge in [0.15, 0.2) is 11.6 Å². The molecular weight excluding hydrogens is 485 g/mol. The molecule has 1 aliphatic heterocycles. The lowest BCUT2D eigenvalue weighted by atomic mass is 9.67. The first kappa shape index (κ1) is 22.6. The van der Waals surface area contributed by atoms with Gasteiger partial charge in [-0.1, -0.05) is 15.9 Å². The fourth-order valence-corrected chi connectivity index (χ4v) is 6.68. The van der Waals surface area contributed by atoms with E-state index in [1.807, 2.05) is 30.9 Å². The van der Waals surface area contributed by atoms with Crippen molar-refractivity contribution in [3.63, 3.8) is 0 Å². The lowest BCUT2D eigenvalue weighted by Gasteiger charge is -2.37. The van der Waals surface area contributed by atoms with Crippen LogP contribution >= 0.6 is 15.9 Å². The lowest BCUT2D eigenvalue weighted by molar-refractivity contribution is 0.0579. The maximum atomic E-state index is 14.9. The average Bonchev–Trinajstić information content (AvgIpc) is 3.01. The highest BCUT2D eigenvalue weighted by molar-refractivity contribution is 9.10. The number of aromatic nitrogens is 1. The minimum Gasteiger partial charge on any atom is -0.396 e. The van der Waals surface area contributed by atoms with Gasteiger partial charge in [0.1, 0.15) is 4.90 Å². The van der Waals surface area contributed by atoms with Crippen LogP contribution in [-0.4, -0.2) is 49.6 Å². The molecule has 4 rings (SSSR count). The zero-order chi connectivity index (χ0) is 22.5. The lowest BCUT2D eigenvalue weighted by Crippen LogP contribution is -2.37.